The van der Waals surface area contributed by atoms with Crippen LogP contribution in [0.25, 0.3) is 5.65 Å². The third-order valence-electron chi connectivity index (χ3n) is 2.86. The van der Waals surface area contributed by atoms with Gasteiger partial charge in [0, 0.05) is 17.7 Å². The Morgan fingerprint density at radius 2 is 1.81 bits per heavy atom. The van der Waals surface area contributed by atoms with Gasteiger partial charge in [-0.15, -0.1) is 0 Å². The molecule has 0 unspecified atom stereocenters. The molecule has 0 radical (unpaired) electrons. The Morgan fingerprint density at radius 3 is 2.29 bits per heavy atom. The van der Waals surface area contributed by atoms with Crippen LogP contribution in [0.15, 0.2) is 23.2 Å². The molecule has 116 valence electrons. The highest BCUT2D eigenvalue weighted by atomic mass is 127. The number of pyridine rings is 1. The molecule has 0 saturated heterocycles. The van der Waals surface area contributed by atoms with Crippen molar-refractivity contribution < 1.29 is 21.6 Å². The lowest BCUT2D eigenvalue weighted by atomic mass is 9.93. The maximum absolute atomic E-state index is 12.6. The van der Waals surface area contributed by atoms with Gasteiger partial charge in [0.25, 0.3) is 9.84 Å². The lowest BCUT2D eigenvalue weighted by molar-refractivity contribution is -0.0435. The summed E-state index contributed by atoms with van der Waals surface area (Å²) in [5.74, 6) is 0. The van der Waals surface area contributed by atoms with Crippen LogP contribution in [-0.2, 0) is 15.3 Å². The van der Waals surface area contributed by atoms with E-state index in [9.17, 15) is 21.6 Å². The number of fused-ring (bicyclic) bond motifs is 1. The summed E-state index contributed by atoms with van der Waals surface area (Å²) in [7, 11) is -5.36. The number of hydrogen-bond donors (Lipinski definition) is 0. The van der Waals surface area contributed by atoms with E-state index in [2.05, 4.69) is 4.98 Å². The summed E-state index contributed by atoms with van der Waals surface area (Å²) in [5.41, 5.74) is -4.75. The van der Waals surface area contributed by atoms with E-state index in [1.807, 2.05) is 43.4 Å². The van der Waals surface area contributed by atoms with Gasteiger partial charge < -0.3 is 0 Å². The predicted octanol–water partition coefficient (Wildman–Crippen LogP) is 3.53. The van der Waals surface area contributed by atoms with Crippen molar-refractivity contribution >= 4 is 38.1 Å². The molecule has 0 aliphatic heterocycles. The Balaban J connectivity index is 2.70. The quantitative estimate of drug-likeness (QED) is 0.649. The third-order valence-corrected chi connectivity index (χ3v) is 5.38. The van der Waals surface area contributed by atoms with Crippen LogP contribution < -0.4 is 0 Å². The number of hydrogen-bond acceptors (Lipinski definition) is 3. The van der Waals surface area contributed by atoms with Crippen LogP contribution in [0.2, 0.25) is 0 Å². The van der Waals surface area contributed by atoms with Crippen molar-refractivity contribution in [3.05, 3.63) is 27.7 Å². The normalized spacial score (nSPS) is 13.9. The number of imidazole rings is 1. The molecule has 0 fully saturated rings. The highest BCUT2D eigenvalue weighted by Crippen LogP contribution is 2.32. The highest BCUT2D eigenvalue weighted by Gasteiger charge is 2.47. The minimum absolute atomic E-state index is 0.176. The lowest BCUT2D eigenvalue weighted by Gasteiger charge is -2.15. The fourth-order valence-electron chi connectivity index (χ4n) is 1.77. The van der Waals surface area contributed by atoms with E-state index in [1.54, 1.807) is 4.40 Å². The van der Waals surface area contributed by atoms with Gasteiger partial charge in [0.15, 0.2) is 0 Å². The van der Waals surface area contributed by atoms with Crippen LogP contribution in [0.1, 0.15) is 26.5 Å². The zero-order valence-corrected chi connectivity index (χ0v) is 14.3. The Kier molecular flexibility index (Phi) is 3.80. The molecule has 2 aromatic rings. The summed E-state index contributed by atoms with van der Waals surface area (Å²) in [6.07, 6.45) is 1.29. The molecule has 0 bridgehead atoms. The molecule has 21 heavy (non-hydrogen) atoms. The van der Waals surface area contributed by atoms with Crippen LogP contribution in [0.4, 0.5) is 13.2 Å². The summed E-state index contributed by atoms with van der Waals surface area (Å²) in [6, 6.07) is 1.88. The van der Waals surface area contributed by atoms with Gasteiger partial charge in [-0.25, -0.2) is 13.4 Å². The van der Waals surface area contributed by atoms with Crippen molar-refractivity contribution in [3.8, 4) is 0 Å². The molecule has 4 nitrogen and oxygen atoms in total. The Bertz CT molecular complexity index is 804. The van der Waals surface area contributed by atoms with Gasteiger partial charge in [-0.1, -0.05) is 20.8 Å². The van der Waals surface area contributed by atoms with Gasteiger partial charge in [-0.2, -0.15) is 13.2 Å². The van der Waals surface area contributed by atoms with Crippen LogP contribution in [0, 0.1) is 3.70 Å². The topological polar surface area (TPSA) is 51.4 Å². The molecule has 0 saturated carbocycles. The first-order valence-corrected chi connectivity index (χ1v) is 8.41. The van der Waals surface area contributed by atoms with Gasteiger partial charge in [0.1, 0.15) is 9.35 Å². The summed E-state index contributed by atoms with van der Waals surface area (Å²) in [5, 5.41) is 0. The molecule has 0 amide bonds. The number of nitrogens with zero attached hydrogens (tertiary/aromatic N) is 2. The van der Waals surface area contributed by atoms with Crippen LogP contribution in [0.5, 0.6) is 0 Å². The fourth-order valence-corrected chi connectivity index (χ4v) is 3.88. The van der Waals surface area contributed by atoms with Crippen molar-refractivity contribution in [3.63, 3.8) is 0 Å². The van der Waals surface area contributed by atoms with Crippen LogP contribution in [-0.4, -0.2) is 23.3 Å². The predicted molar refractivity (Wildman–Crippen MR) is 79.8 cm³/mol. The van der Waals surface area contributed by atoms with E-state index >= 15 is 0 Å². The van der Waals surface area contributed by atoms with E-state index in [0.717, 1.165) is 15.8 Å². The molecule has 0 N–H and O–H groups in total. The first-order valence-electron chi connectivity index (χ1n) is 5.85. The number of aromatic nitrogens is 2. The summed E-state index contributed by atoms with van der Waals surface area (Å²) in [4.78, 5) is 3.46. The number of halogens is 4. The van der Waals surface area contributed by atoms with Gasteiger partial charge in [0.05, 0.1) is 10.6 Å². The monoisotopic (exact) mass is 432 g/mol. The van der Waals surface area contributed by atoms with E-state index in [4.69, 9.17) is 0 Å². The Morgan fingerprint density at radius 1 is 1.24 bits per heavy atom. The zero-order valence-electron chi connectivity index (χ0n) is 11.4. The largest absolute Gasteiger partial charge is 0.501 e. The second-order valence-electron chi connectivity index (χ2n) is 5.54. The number of rotatable bonds is 1. The molecule has 0 aliphatic rings. The van der Waals surface area contributed by atoms with Crippen LogP contribution in [0.3, 0.4) is 0 Å². The van der Waals surface area contributed by atoms with E-state index in [1.165, 1.54) is 6.20 Å². The lowest BCUT2D eigenvalue weighted by Crippen LogP contribution is -2.23. The molecule has 0 atom stereocenters. The molecule has 2 rings (SSSR count). The van der Waals surface area contributed by atoms with Crippen molar-refractivity contribution in [2.75, 3.05) is 0 Å². The Labute approximate surface area is 133 Å². The molecule has 2 aromatic heterocycles. The molecular weight excluding hydrogens is 420 g/mol. The minimum Gasteiger partial charge on any atom is -0.295 e. The van der Waals surface area contributed by atoms with E-state index < -0.39 is 20.2 Å². The summed E-state index contributed by atoms with van der Waals surface area (Å²) >= 11 is 2.04. The molecule has 0 aliphatic carbocycles. The molecule has 0 aromatic carbocycles. The first-order chi connectivity index (χ1) is 9.35. The maximum atomic E-state index is 12.6. The van der Waals surface area contributed by atoms with Gasteiger partial charge in [0.2, 0.25) is 0 Å². The van der Waals surface area contributed by atoms with Gasteiger partial charge in [-0.3, -0.25) is 4.40 Å². The number of alkyl halides is 3. The number of sulfone groups is 1. The Hall–Kier alpha value is -0.840. The average Bonchev–Trinajstić information content (AvgIpc) is 2.64. The summed E-state index contributed by atoms with van der Waals surface area (Å²) < 4.78 is 62.9. The SMILES string of the molecule is CC(C)(C)c1nc2cc(S(=O)(=O)C(F)(F)F)ccn2c1I. The average molecular weight is 432 g/mol. The van der Waals surface area contributed by atoms with Crippen LogP contribution >= 0.6 is 22.6 Å². The molecule has 9 heteroatoms. The zero-order chi connectivity index (χ0) is 16.2. The van der Waals surface area contributed by atoms with Crippen molar-refractivity contribution in [2.24, 2.45) is 0 Å². The van der Waals surface area contributed by atoms with Gasteiger partial charge >= 0.3 is 5.51 Å². The summed E-state index contributed by atoms with van der Waals surface area (Å²) in [6.45, 7) is 5.76. The smallest absolute Gasteiger partial charge is 0.295 e. The standard InChI is InChI=1S/C12H12F3IN2O2S/c1-11(2,3)9-10(16)18-5-4-7(6-8(18)17-9)21(19,20)12(13,14)15/h4-6H,1-3H3. The highest BCUT2D eigenvalue weighted by molar-refractivity contribution is 14.1. The van der Waals surface area contributed by atoms with Gasteiger partial charge in [-0.05, 0) is 28.7 Å². The first kappa shape index (κ1) is 16.5. The second-order valence-corrected chi connectivity index (χ2v) is 8.50. The van der Waals surface area contributed by atoms with Crippen molar-refractivity contribution in [1.29, 1.82) is 0 Å². The third kappa shape index (κ3) is 2.77. The van der Waals surface area contributed by atoms with E-state index in [0.29, 0.717) is 5.69 Å². The minimum atomic E-state index is -5.36. The maximum Gasteiger partial charge on any atom is 0.501 e. The molecule has 2 heterocycles. The van der Waals surface area contributed by atoms with E-state index in [-0.39, 0.29) is 11.1 Å². The van der Waals surface area contributed by atoms with Crippen molar-refractivity contribution in [1.82, 2.24) is 9.38 Å². The molecule has 0 spiro atoms. The fraction of sp³-hybridized carbons (Fsp3) is 0.417. The van der Waals surface area contributed by atoms with Crippen molar-refractivity contribution in [2.45, 2.75) is 36.6 Å². The molecular formula is C12H12F3IN2O2S. The second kappa shape index (κ2) is 4.83.